The van der Waals surface area contributed by atoms with Gasteiger partial charge in [-0.3, -0.25) is 10.1 Å². The lowest BCUT2D eigenvalue weighted by atomic mass is 10.2. The molecule has 0 aliphatic carbocycles. The van der Waals surface area contributed by atoms with Gasteiger partial charge < -0.3 is 14.5 Å². The first-order valence-corrected chi connectivity index (χ1v) is 7.63. The van der Waals surface area contributed by atoms with Gasteiger partial charge in [-0.1, -0.05) is 0 Å². The summed E-state index contributed by atoms with van der Waals surface area (Å²) in [7, 11) is 0. The van der Waals surface area contributed by atoms with Crippen LogP contribution in [0.4, 0.5) is 20.7 Å². The van der Waals surface area contributed by atoms with E-state index in [1.54, 1.807) is 30.6 Å². The fourth-order valence-corrected chi connectivity index (χ4v) is 2.49. The lowest BCUT2D eigenvalue weighted by molar-refractivity contribution is -0.385. The van der Waals surface area contributed by atoms with Crippen LogP contribution in [0, 0.1) is 15.9 Å². The van der Waals surface area contributed by atoms with Gasteiger partial charge in [0, 0.05) is 25.7 Å². The van der Waals surface area contributed by atoms with Crippen molar-refractivity contribution in [3.05, 3.63) is 28.2 Å². The van der Waals surface area contributed by atoms with Gasteiger partial charge in [-0.15, -0.1) is 0 Å². The van der Waals surface area contributed by atoms with E-state index >= 15 is 0 Å². The number of nitro groups is 1. The van der Waals surface area contributed by atoms with Gasteiger partial charge >= 0.3 is 6.09 Å². The fraction of sp³-hybridized carbons (Fsp3) is 0.600. The Balaban J connectivity index is 2.08. The van der Waals surface area contributed by atoms with E-state index in [9.17, 15) is 19.3 Å². The number of anilines is 1. The van der Waals surface area contributed by atoms with Crippen LogP contribution in [-0.4, -0.2) is 52.2 Å². The largest absolute Gasteiger partial charge is 0.444 e. The highest BCUT2D eigenvalue weighted by molar-refractivity contribution is 5.69. The van der Waals surface area contributed by atoms with Crippen LogP contribution in [0.15, 0.2) is 12.3 Å². The highest BCUT2D eigenvalue weighted by Gasteiger charge is 2.32. The molecule has 0 aromatic carbocycles. The Morgan fingerprint density at radius 3 is 2.62 bits per heavy atom. The molecule has 8 nitrogen and oxygen atoms in total. The lowest BCUT2D eigenvalue weighted by Gasteiger charge is -2.40. The maximum Gasteiger partial charge on any atom is 0.410 e. The first-order valence-electron chi connectivity index (χ1n) is 7.63. The predicted molar refractivity (Wildman–Crippen MR) is 85.5 cm³/mol. The minimum Gasteiger partial charge on any atom is -0.444 e. The van der Waals surface area contributed by atoms with Gasteiger partial charge in [0.1, 0.15) is 11.8 Å². The van der Waals surface area contributed by atoms with E-state index in [1.165, 1.54) is 0 Å². The molecule has 1 aliphatic rings. The van der Waals surface area contributed by atoms with E-state index < -0.39 is 28.1 Å². The Bertz CT molecular complexity index is 647. The molecule has 0 N–H and O–H groups in total. The van der Waals surface area contributed by atoms with Crippen LogP contribution in [-0.2, 0) is 4.74 Å². The van der Waals surface area contributed by atoms with Crippen molar-refractivity contribution >= 4 is 17.6 Å². The summed E-state index contributed by atoms with van der Waals surface area (Å²) in [4.78, 5) is 29.3. The number of ether oxygens (including phenoxy) is 1. The molecule has 2 rings (SSSR count). The first-order chi connectivity index (χ1) is 11.1. The normalized spacial score (nSPS) is 18.5. The van der Waals surface area contributed by atoms with Gasteiger partial charge in [0.2, 0.25) is 0 Å². The van der Waals surface area contributed by atoms with E-state index in [0.717, 1.165) is 12.3 Å². The number of amides is 1. The number of halogens is 1. The molecule has 0 radical (unpaired) electrons. The predicted octanol–water partition coefficient (Wildman–Crippen LogP) is 2.57. The monoisotopic (exact) mass is 340 g/mol. The lowest BCUT2D eigenvalue weighted by Crippen LogP contribution is -2.55. The van der Waals surface area contributed by atoms with Gasteiger partial charge in [0.25, 0.3) is 5.69 Å². The minimum atomic E-state index is -0.748. The maximum atomic E-state index is 14.1. The van der Waals surface area contributed by atoms with Crippen molar-refractivity contribution < 1.29 is 18.8 Å². The van der Waals surface area contributed by atoms with Crippen LogP contribution in [0.2, 0.25) is 0 Å². The van der Waals surface area contributed by atoms with E-state index in [2.05, 4.69) is 4.98 Å². The van der Waals surface area contributed by atoms with Crippen molar-refractivity contribution in [3.63, 3.8) is 0 Å². The Morgan fingerprint density at radius 2 is 2.12 bits per heavy atom. The number of pyridine rings is 1. The molecule has 1 aromatic rings. The molecule has 2 heterocycles. The fourth-order valence-electron chi connectivity index (χ4n) is 2.49. The smallest absolute Gasteiger partial charge is 0.410 e. The maximum absolute atomic E-state index is 14.1. The average Bonchev–Trinajstić information content (AvgIpc) is 2.44. The summed E-state index contributed by atoms with van der Waals surface area (Å²) in [6.07, 6.45) is 0.621. The summed E-state index contributed by atoms with van der Waals surface area (Å²) in [5.74, 6) is -0.696. The standard InChI is InChI=1S/C15H21FN4O4/c1-10-9-18(5-6-19(10)14(21)24-15(2,3)4)13-12(16)7-11(8-17-13)20(22)23/h7-8,10H,5-6,9H2,1-4H3/t10-/m1/s1. The third-order valence-electron chi connectivity index (χ3n) is 3.57. The van der Waals surface area contributed by atoms with E-state index in [4.69, 9.17) is 4.74 Å². The highest BCUT2D eigenvalue weighted by atomic mass is 19.1. The molecule has 1 amide bonds. The van der Waals surface area contributed by atoms with Gasteiger partial charge in [0.15, 0.2) is 11.6 Å². The van der Waals surface area contributed by atoms with Crippen molar-refractivity contribution in [1.82, 2.24) is 9.88 Å². The molecule has 0 spiro atoms. The molecule has 1 saturated heterocycles. The first kappa shape index (κ1) is 17.9. The topological polar surface area (TPSA) is 88.8 Å². The third kappa shape index (κ3) is 4.09. The zero-order chi connectivity index (χ0) is 18.1. The van der Waals surface area contributed by atoms with Gasteiger partial charge in [0.05, 0.1) is 11.0 Å². The number of aromatic nitrogens is 1. The summed E-state index contributed by atoms with van der Waals surface area (Å²) in [5, 5.41) is 10.7. The molecule has 0 unspecified atom stereocenters. The van der Waals surface area contributed by atoms with Crippen LogP contribution in [0.25, 0.3) is 0 Å². The number of carbonyl (C=O) groups excluding carboxylic acids is 1. The van der Waals surface area contributed by atoms with Crippen LogP contribution in [0.3, 0.4) is 0 Å². The average molecular weight is 340 g/mol. The van der Waals surface area contributed by atoms with E-state index in [0.29, 0.717) is 19.6 Å². The Morgan fingerprint density at radius 1 is 1.46 bits per heavy atom. The SMILES string of the molecule is C[C@@H]1CN(c2ncc([N+](=O)[O-])cc2F)CCN1C(=O)OC(C)(C)C. The van der Waals surface area contributed by atoms with Crippen molar-refractivity contribution in [3.8, 4) is 0 Å². The van der Waals surface area contributed by atoms with Gasteiger partial charge in [-0.05, 0) is 27.7 Å². The van der Waals surface area contributed by atoms with Gasteiger partial charge in [-0.25, -0.2) is 14.2 Å². The Kier molecular flexibility index (Phi) is 4.91. The quantitative estimate of drug-likeness (QED) is 0.607. The van der Waals surface area contributed by atoms with Crippen molar-refractivity contribution in [2.24, 2.45) is 0 Å². The van der Waals surface area contributed by atoms with Crippen LogP contribution < -0.4 is 4.90 Å². The number of piperazine rings is 1. The Hall–Kier alpha value is -2.45. The molecule has 0 bridgehead atoms. The molecular formula is C15H21FN4O4. The van der Waals surface area contributed by atoms with Crippen molar-refractivity contribution in [2.75, 3.05) is 24.5 Å². The number of hydrogen-bond acceptors (Lipinski definition) is 6. The molecular weight excluding hydrogens is 319 g/mol. The summed E-state index contributed by atoms with van der Waals surface area (Å²) in [5.41, 5.74) is -0.975. The van der Waals surface area contributed by atoms with Crippen LogP contribution >= 0.6 is 0 Å². The number of hydrogen-bond donors (Lipinski definition) is 0. The molecule has 1 atom stereocenters. The number of rotatable bonds is 2. The molecule has 9 heteroatoms. The molecule has 132 valence electrons. The molecule has 1 aromatic heterocycles. The minimum absolute atomic E-state index is 0.0521. The molecule has 1 fully saturated rings. The summed E-state index contributed by atoms with van der Waals surface area (Å²) in [6.45, 7) is 8.30. The summed E-state index contributed by atoms with van der Waals surface area (Å²) < 4.78 is 19.4. The van der Waals surface area contributed by atoms with Crippen LogP contribution in [0.5, 0.6) is 0 Å². The van der Waals surface area contributed by atoms with E-state index in [-0.39, 0.29) is 11.9 Å². The second kappa shape index (κ2) is 6.58. The summed E-state index contributed by atoms with van der Waals surface area (Å²) >= 11 is 0. The summed E-state index contributed by atoms with van der Waals surface area (Å²) in [6, 6.07) is 0.651. The van der Waals surface area contributed by atoms with Crippen molar-refractivity contribution in [1.29, 1.82) is 0 Å². The van der Waals surface area contributed by atoms with Crippen molar-refractivity contribution in [2.45, 2.75) is 39.3 Å². The molecule has 0 saturated carbocycles. The Labute approximate surface area is 139 Å². The number of nitrogens with zero attached hydrogens (tertiary/aromatic N) is 4. The molecule has 24 heavy (non-hydrogen) atoms. The second-order valence-corrected chi connectivity index (χ2v) is 6.72. The zero-order valence-electron chi connectivity index (χ0n) is 14.2. The third-order valence-corrected chi connectivity index (χ3v) is 3.57. The molecule has 1 aliphatic heterocycles. The highest BCUT2D eigenvalue weighted by Crippen LogP contribution is 2.24. The zero-order valence-corrected chi connectivity index (χ0v) is 14.2. The van der Waals surface area contributed by atoms with Gasteiger partial charge in [-0.2, -0.15) is 0 Å². The second-order valence-electron chi connectivity index (χ2n) is 6.72. The number of carbonyl (C=O) groups is 1. The van der Waals surface area contributed by atoms with E-state index in [1.807, 2.05) is 6.92 Å². The van der Waals surface area contributed by atoms with Crippen LogP contribution in [0.1, 0.15) is 27.7 Å².